The standard InChI is InChI=1S/C25H40N4O/c1-27(23-8-4-2-3-5-9-23)25(30)22-7-6-16-29(20-22)24-12-17-28(18-13-24)19-21-10-14-26-15-11-21/h10-11,14-15,22-24H,2-9,12-13,16-20H2,1H3. The van der Waals surface area contributed by atoms with Gasteiger partial charge in [0.1, 0.15) is 0 Å². The van der Waals surface area contributed by atoms with Crippen molar-refractivity contribution in [2.45, 2.75) is 82.8 Å². The number of carbonyl (C=O) groups is 1. The number of rotatable bonds is 5. The van der Waals surface area contributed by atoms with Crippen LogP contribution in [0.15, 0.2) is 24.5 Å². The van der Waals surface area contributed by atoms with Crippen molar-refractivity contribution in [2.24, 2.45) is 5.92 Å². The van der Waals surface area contributed by atoms with Gasteiger partial charge >= 0.3 is 0 Å². The third-order valence-corrected chi connectivity index (χ3v) is 7.75. The fourth-order valence-corrected chi connectivity index (χ4v) is 5.84. The van der Waals surface area contributed by atoms with Crippen molar-refractivity contribution < 1.29 is 4.79 Å². The molecule has 5 nitrogen and oxygen atoms in total. The van der Waals surface area contributed by atoms with Crippen LogP contribution in [0.2, 0.25) is 0 Å². The second-order valence-corrected chi connectivity index (χ2v) is 9.79. The topological polar surface area (TPSA) is 39.7 Å². The number of aromatic nitrogens is 1. The zero-order valence-corrected chi connectivity index (χ0v) is 18.8. The third-order valence-electron chi connectivity index (χ3n) is 7.75. The summed E-state index contributed by atoms with van der Waals surface area (Å²) in [4.78, 5) is 24.8. The number of carbonyl (C=O) groups excluding carboxylic acids is 1. The van der Waals surface area contributed by atoms with Crippen LogP contribution in [-0.2, 0) is 11.3 Å². The van der Waals surface area contributed by atoms with Crippen LogP contribution < -0.4 is 0 Å². The second kappa shape index (κ2) is 10.7. The molecule has 1 saturated carbocycles. The maximum absolute atomic E-state index is 13.3. The van der Waals surface area contributed by atoms with Crippen LogP contribution in [0.4, 0.5) is 0 Å². The van der Waals surface area contributed by atoms with Gasteiger partial charge in [0.15, 0.2) is 0 Å². The Morgan fingerprint density at radius 1 is 0.967 bits per heavy atom. The Morgan fingerprint density at radius 3 is 2.37 bits per heavy atom. The average Bonchev–Trinajstić information content (AvgIpc) is 3.09. The minimum Gasteiger partial charge on any atom is -0.342 e. The third kappa shape index (κ3) is 5.61. The summed E-state index contributed by atoms with van der Waals surface area (Å²) < 4.78 is 0. The van der Waals surface area contributed by atoms with Crippen molar-refractivity contribution in [3.8, 4) is 0 Å². The molecule has 3 fully saturated rings. The van der Waals surface area contributed by atoms with Gasteiger partial charge in [-0.1, -0.05) is 25.7 Å². The van der Waals surface area contributed by atoms with Gasteiger partial charge in [0.25, 0.3) is 0 Å². The lowest BCUT2D eigenvalue weighted by Gasteiger charge is -2.43. The zero-order valence-electron chi connectivity index (χ0n) is 18.8. The first-order chi connectivity index (χ1) is 14.7. The van der Waals surface area contributed by atoms with E-state index in [2.05, 4.69) is 38.9 Å². The fourth-order valence-electron chi connectivity index (χ4n) is 5.84. The Balaban J connectivity index is 1.26. The van der Waals surface area contributed by atoms with Crippen molar-refractivity contribution in [1.29, 1.82) is 0 Å². The summed E-state index contributed by atoms with van der Waals surface area (Å²) in [6.45, 7) is 5.49. The Bertz CT molecular complexity index is 650. The van der Waals surface area contributed by atoms with Gasteiger partial charge in [0, 0.05) is 44.6 Å². The normalized spacial score (nSPS) is 25.7. The highest BCUT2D eigenvalue weighted by molar-refractivity contribution is 5.79. The van der Waals surface area contributed by atoms with E-state index in [1.165, 1.54) is 69.9 Å². The molecule has 1 unspecified atom stereocenters. The number of nitrogens with zero attached hydrogens (tertiary/aromatic N) is 4. The van der Waals surface area contributed by atoms with E-state index in [0.29, 0.717) is 18.0 Å². The van der Waals surface area contributed by atoms with Crippen molar-refractivity contribution in [2.75, 3.05) is 33.2 Å². The molecular weight excluding hydrogens is 372 g/mol. The molecule has 0 N–H and O–H groups in total. The van der Waals surface area contributed by atoms with Crippen LogP contribution in [0.25, 0.3) is 0 Å². The molecule has 166 valence electrons. The van der Waals surface area contributed by atoms with Crippen molar-refractivity contribution in [3.63, 3.8) is 0 Å². The highest BCUT2D eigenvalue weighted by Gasteiger charge is 2.34. The molecule has 1 atom stereocenters. The molecule has 1 aromatic rings. The van der Waals surface area contributed by atoms with Crippen LogP contribution in [-0.4, -0.2) is 70.9 Å². The van der Waals surface area contributed by atoms with E-state index in [1.54, 1.807) is 0 Å². The monoisotopic (exact) mass is 412 g/mol. The molecule has 4 rings (SSSR count). The number of pyridine rings is 1. The highest BCUT2D eigenvalue weighted by Crippen LogP contribution is 2.28. The maximum Gasteiger partial charge on any atom is 0.226 e. The summed E-state index contributed by atoms with van der Waals surface area (Å²) in [5.41, 5.74) is 1.36. The van der Waals surface area contributed by atoms with Gasteiger partial charge in [-0.2, -0.15) is 0 Å². The molecule has 0 bridgehead atoms. The molecule has 1 aromatic heterocycles. The summed E-state index contributed by atoms with van der Waals surface area (Å²) in [6.07, 6.45) is 16.1. The van der Waals surface area contributed by atoms with Crippen molar-refractivity contribution in [1.82, 2.24) is 19.7 Å². The lowest BCUT2D eigenvalue weighted by Crippen LogP contribution is -2.51. The number of hydrogen-bond acceptors (Lipinski definition) is 4. The summed E-state index contributed by atoms with van der Waals surface area (Å²) in [5, 5.41) is 0. The second-order valence-electron chi connectivity index (χ2n) is 9.79. The molecular formula is C25H40N4O. The lowest BCUT2D eigenvalue weighted by atomic mass is 9.92. The zero-order chi connectivity index (χ0) is 20.8. The molecule has 5 heteroatoms. The first-order valence-corrected chi connectivity index (χ1v) is 12.3. The van der Waals surface area contributed by atoms with Crippen LogP contribution in [0.5, 0.6) is 0 Å². The number of hydrogen-bond donors (Lipinski definition) is 0. The Hall–Kier alpha value is -1.46. The van der Waals surface area contributed by atoms with Gasteiger partial charge in [-0.25, -0.2) is 0 Å². The van der Waals surface area contributed by atoms with E-state index < -0.39 is 0 Å². The van der Waals surface area contributed by atoms with Crippen LogP contribution >= 0.6 is 0 Å². The van der Waals surface area contributed by atoms with E-state index >= 15 is 0 Å². The van der Waals surface area contributed by atoms with Gasteiger partial charge in [-0.3, -0.25) is 19.6 Å². The molecule has 1 amide bonds. The van der Waals surface area contributed by atoms with E-state index in [0.717, 1.165) is 32.6 Å². The minimum absolute atomic E-state index is 0.210. The lowest BCUT2D eigenvalue weighted by molar-refractivity contribution is -0.139. The van der Waals surface area contributed by atoms with Crippen LogP contribution in [0.3, 0.4) is 0 Å². The summed E-state index contributed by atoms with van der Waals surface area (Å²) in [7, 11) is 2.08. The van der Waals surface area contributed by atoms with E-state index in [9.17, 15) is 4.79 Å². The molecule has 3 aliphatic rings. The predicted molar refractivity (Wildman–Crippen MR) is 121 cm³/mol. The largest absolute Gasteiger partial charge is 0.342 e. The maximum atomic E-state index is 13.3. The van der Waals surface area contributed by atoms with Crippen molar-refractivity contribution in [3.05, 3.63) is 30.1 Å². The SMILES string of the molecule is CN(C(=O)C1CCCN(C2CCN(Cc3ccncc3)CC2)C1)C1CCCCCC1. The molecule has 1 aliphatic carbocycles. The fraction of sp³-hybridized carbons (Fsp3) is 0.760. The van der Waals surface area contributed by atoms with Crippen molar-refractivity contribution >= 4 is 5.91 Å². The molecule has 2 aliphatic heterocycles. The first-order valence-electron chi connectivity index (χ1n) is 12.3. The highest BCUT2D eigenvalue weighted by atomic mass is 16.2. The van der Waals surface area contributed by atoms with Crippen LogP contribution in [0.1, 0.15) is 69.8 Å². The molecule has 0 aromatic carbocycles. The summed E-state index contributed by atoms with van der Waals surface area (Å²) in [6, 6.07) is 5.37. The van der Waals surface area contributed by atoms with Crippen LogP contribution in [0, 0.1) is 5.92 Å². The Morgan fingerprint density at radius 2 is 1.67 bits per heavy atom. The number of piperidine rings is 2. The Kier molecular flexibility index (Phi) is 7.78. The smallest absolute Gasteiger partial charge is 0.226 e. The summed E-state index contributed by atoms with van der Waals surface area (Å²) >= 11 is 0. The van der Waals surface area contributed by atoms with Gasteiger partial charge in [-0.05, 0) is 75.9 Å². The van der Waals surface area contributed by atoms with Gasteiger partial charge in [0.2, 0.25) is 5.91 Å². The minimum atomic E-state index is 0.210. The average molecular weight is 413 g/mol. The summed E-state index contributed by atoms with van der Waals surface area (Å²) in [5.74, 6) is 0.628. The molecule has 30 heavy (non-hydrogen) atoms. The molecule has 0 spiro atoms. The van der Waals surface area contributed by atoms with E-state index in [4.69, 9.17) is 0 Å². The van der Waals surface area contributed by atoms with Gasteiger partial charge in [0.05, 0.1) is 5.92 Å². The Labute approximate surface area is 182 Å². The number of amides is 1. The van der Waals surface area contributed by atoms with Gasteiger partial charge < -0.3 is 4.90 Å². The quantitative estimate of drug-likeness (QED) is 0.687. The molecule has 2 saturated heterocycles. The predicted octanol–water partition coefficient (Wildman–Crippen LogP) is 3.94. The van der Waals surface area contributed by atoms with E-state index in [1.807, 2.05) is 12.4 Å². The molecule has 3 heterocycles. The number of likely N-dealkylation sites (tertiary alicyclic amines) is 2. The van der Waals surface area contributed by atoms with E-state index in [-0.39, 0.29) is 5.92 Å². The first kappa shape index (κ1) is 21.8. The van der Waals surface area contributed by atoms with Gasteiger partial charge in [-0.15, -0.1) is 0 Å². The molecule has 0 radical (unpaired) electrons.